The molecule has 1 aliphatic rings. The SMILES string of the molecule is COc1cccc(CN(C(=O)CCCN(c2ccc3c(c2)OCCO3)S(C)(=O)=O)[C@H](C)C(=O)NCC(C)C)c1. The lowest BCUT2D eigenvalue weighted by atomic mass is 10.1. The summed E-state index contributed by atoms with van der Waals surface area (Å²) in [6, 6.07) is 11.6. The molecule has 1 heterocycles. The van der Waals surface area contributed by atoms with E-state index >= 15 is 0 Å². The number of sulfonamides is 1. The summed E-state index contributed by atoms with van der Waals surface area (Å²) in [7, 11) is -2.06. The molecule has 2 aromatic carbocycles. The van der Waals surface area contributed by atoms with Gasteiger partial charge >= 0.3 is 0 Å². The van der Waals surface area contributed by atoms with Crippen LogP contribution in [0.5, 0.6) is 17.2 Å². The molecule has 39 heavy (non-hydrogen) atoms. The van der Waals surface area contributed by atoms with Crippen LogP contribution in [-0.2, 0) is 26.2 Å². The van der Waals surface area contributed by atoms with Crippen LogP contribution in [-0.4, -0.2) is 70.8 Å². The highest BCUT2D eigenvalue weighted by Crippen LogP contribution is 2.34. The predicted molar refractivity (Wildman–Crippen MR) is 150 cm³/mol. The van der Waals surface area contributed by atoms with Crippen LogP contribution in [0.1, 0.15) is 39.2 Å². The molecule has 0 aromatic heterocycles. The van der Waals surface area contributed by atoms with Crippen molar-refractivity contribution in [1.82, 2.24) is 10.2 Å². The summed E-state index contributed by atoms with van der Waals surface area (Å²) in [6.07, 6.45) is 1.44. The van der Waals surface area contributed by atoms with Crippen LogP contribution >= 0.6 is 0 Å². The van der Waals surface area contributed by atoms with Crippen molar-refractivity contribution in [2.75, 3.05) is 44.0 Å². The molecule has 0 bridgehead atoms. The Morgan fingerprint density at radius 2 is 1.77 bits per heavy atom. The van der Waals surface area contributed by atoms with Crippen LogP contribution < -0.4 is 23.8 Å². The van der Waals surface area contributed by atoms with E-state index < -0.39 is 16.1 Å². The molecular formula is C28H39N3O7S. The smallest absolute Gasteiger partial charge is 0.242 e. The van der Waals surface area contributed by atoms with Gasteiger partial charge in [-0.2, -0.15) is 0 Å². The van der Waals surface area contributed by atoms with Crippen molar-refractivity contribution in [1.29, 1.82) is 0 Å². The van der Waals surface area contributed by atoms with E-state index in [-0.39, 0.29) is 43.7 Å². The number of hydrogen-bond donors (Lipinski definition) is 1. The van der Waals surface area contributed by atoms with Crippen molar-refractivity contribution in [3.8, 4) is 17.2 Å². The molecule has 0 saturated heterocycles. The molecule has 0 fully saturated rings. The standard InChI is InChI=1S/C28H39N3O7S/c1-20(2)18-29-28(33)21(3)30(19-22-8-6-9-24(16-22)36-4)27(32)10-7-13-31(39(5,34)35)23-11-12-25-26(17-23)38-15-14-37-25/h6,8-9,11-12,16-17,20-21H,7,10,13-15,18-19H2,1-5H3,(H,29,33)/t21-/m1/s1. The van der Waals surface area contributed by atoms with Crippen molar-refractivity contribution in [2.45, 2.75) is 46.2 Å². The Kier molecular flexibility index (Phi) is 10.4. The lowest BCUT2D eigenvalue weighted by Crippen LogP contribution is -2.48. The second kappa shape index (κ2) is 13.5. The number of nitrogens with zero attached hydrogens (tertiary/aromatic N) is 2. The average molecular weight is 562 g/mol. The van der Waals surface area contributed by atoms with Gasteiger partial charge in [-0.25, -0.2) is 8.42 Å². The summed E-state index contributed by atoms with van der Waals surface area (Å²) in [5.74, 6) is 1.47. The molecule has 214 valence electrons. The Labute approximate surface area is 231 Å². The molecule has 1 N–H and O–H groups in total. The second-order valence-electron chi connectivity index (χ2n) is 9.95. The summed E-state index contributed by atoms with van der Waals surface area (Å²) in [5, 5.41) is 2.90. The number of amides is 2. The summed E-state index contributed by atoms with van der Waals surface area (Å²) in [4.78, 5) is 27.9. The minimum atomic E-state index is -3.63. The Hall–Kier alpha value is -3.47. The van der Waals surface area contributed by atoms with E-state index in [9.17, 15) is 18.0 Å². The highest BCUT2D eigenvalue weighted by atomic mass is 32.2. The summed E-state index contributed by atoms with van der Waals surface area (Å²) >= 11 is 0. The summed E-state index contributed by atoms with van der Waals surface area (Å²) in [6.45, 7) is 7.32. The molecule has 0 saturated carbocycles. The van der Waals surface area contributed by atoms with Crippen molar-refractivity contribution in [3.05, 3.63) is 48.0 Å². The number of rotatable bonds is 13. The third kappa shape index (κ3) is 8.51. The lowest BCUT2D eigenvalue weighted by molar-refractivity contribution is -0.140. The highest BCUT2D eigenvalue weighted by Gasteiger charge is 2.27. The third-order valence-corrected chi connectivity index (χ3v) is 7.50. The van der Waals surface area contributed by atoms with Crippen LogP contribution in [0.4, 0.5) is 5.69 Å². The maximum atomic E-state index is 13.5. The van der Waals surface area contributed by atoms with E-state index in [1.807, 2.05) is 38.1 Å². The molecule has 3 rings (SSSR count). The number of carbonyl (C=O) groups excluding carboxylic acids is 2. The number of ether oxygens (including phenoxy) is 3. The predicted octanol–water partition coefficient (Wildman–Crippen LogP) is 3.20. The average Bonchev–Trinajstić information content (AvgIpc) is 2.91. The minimum absolute atomic E-state index is 0.0579. The quantitative estimate of drug-likeness (QED) is 0.399. The fraction of sp³-hybridized carbons (Fsp3) is 0.500. The van der Waals surface area contributed by atoms with Gasteiger partial charge in [0.25, 0.3) is 0 Å². The molecule has 0 radical (unpaired) electrons. The van der Waals surface area contributed by atoms with E-state index in [1.165, 1.54) is 9.21 Å². The Morgan fingerprint density at radius 1 is 1.05 bits per heavy atom. The van der Waals surface area contributed by atoms with Gasteiger partial charge in [-0.05, 0) is 49.1 Å². The van der Waals surface area contributed by atoms with Gasteiger partial charge in [0.05, 0.1) is 19.1 Å². The van der Waals surface area contributed by atoms with Crippen LogP contribution in [0.2, 0.25) is 0 Å². The number of benzene rings is 2. The number of fused-ring (bicyclic) bond motifs is 1. The molecule has 1 aliphatic heterocycles. The number of nitrogens with one attached hydrogen (secondary N) is 1. The zero-order valence-electron chi connectivity index (χ0n) is 23.3. The topological polar surface area (TPSA) is 114 Å². The van der Waals surface area contributed by atoms with Crippen LogP contribution in [0, 0.1) is 5.92 Å². The third-order valence-electron chi connectivity index (χ3n) is 6.30. The van der Waals surface area contributed by atoms with Crippen LogP contribution in [0.3, 0.4) is 0 Å². The first-order valence-corrected chi connectivity index (χ1v) is 14.9. The van der Waals surface area contributed by atoms with Crippen LogP contribution in [0.25, 0.3) is 0 Å². The van der Waals surface area contributed by atoms with E-state index in [0.29, 0.717) is 42.7 Å². The molecule has 2 aromatic rings. The molecular weight excluding hydrogens is 522 g/mol. The van der Waals surface area contributed by atoms with Gasteiger partial charge in [0, 0.05) is 32.1 Å². The molecule has 0 aliphatic carbocycles. The molecule has 0 spiro atoms. The number of hydrogen-bond acceptors (Lipinski definition) is 7. The maximum absolute atomic E-state index is 13.5. The Morgan fingerprint density at radius 3 is 2.44 bits per heavy atom. The minimum Gasteiger partial charge on any atom is -0.497 e. The van der Waals surface area contributed by atoms with Gasteiger partial charge in [0.2, 0.25) is 21.8 Å². The zero-order chi connectivity index (χ0) is 28.6. The monoisotopic (exact) mass is 561 g/mol. The largest absolute Gasteiger partial charge is 0.497 e. The van der Waals surface area contributed by atoms with Gasteiger partial charge in [0.15, 0.2) is 11.5 Å². The first-order valence-electron chi connectivity index (χ1n) is 13.1. The van der Waals surface area contributed by atoms with Crippen LogP contribution in [0.15, 0.2) is 42.5 Å². The Balaban J connectivity index is 1.74. The van der Waals surface area contributed by atoms with Crippen molar-refractivity contribution in [2.24, 2.45) is 5.92 Å². The van der Waals surface area contributed by atoms with E-state index in [2.05, 4.69) is 5.32 Å². The lowest BCUT2D eigenvalue weighted by Gasteiger charge is -2.30. The maximum Gasteiger partial charge on any atom is 0.242 e. The normalized spacial score (nSPS) is 13.5. The van der Waals surface area contributed by atoms with E-state index in [1.54, 1.807) is 32.2 Å². The first-order chi connectivity index (χ1) is 18.5. The van der Waals surface area contributed by atoms with Gasteiger partial charge in [-0.3, -0.25) is 13.9 Å². The van der Waals surface area contributed by atoms with Crippen molar-refractivity contribution in [3.63, 3.8) is 0 Å². The number of carbonyl (C=O) groups is 2. The first kappa shape index (κ1) is 30.1. The molecule has 11 heteroatoms. The zero-order valence-corrected chi connectivity index (χ0v) is 24.1. The van der Waals surface area contributed by atoms with Gasteiger partial charge < -0.3 is 24.4 Å². The fourth-order valence-electron chi connectivity index (χ4n) is 4.19. The highest BCUT2D eigenvalue weighted by molar-refractivity contribution is 7.92. The molecule has 0 unspecified atom stereocenters. The molecule has 2 amide bonds. The fourth-order valence-corrected chi connectivity index (χ4v) is 5.15. The van der Waals surface area contributed by atoms with E-state index in [4.69, 9.17) is 14.2 Å². The molecule has 10 nitrogen and oxygen atoms in total. The van der Waals surface area contributed by atoms with Gasteiger partial charge in [-0.1, -0.05) is 26.0 Å². The Bertz CT molecular complexity index is 1250. The number of anilines is 1. The van der Waals surface area contributed by atoms with Gasteiger partial charge in [-0.15, -0.1) is 0 Å². The van der Waals surface area contributed by atoms with Gasteiger partial charge in [0.1, 0.15) is 25.0 Å². The number of methoxy groups -OCH3 is 1. The van der Waals surface area contributed by atoms with Crippen molar-refractivity contribution < 1.29 is 32.2 Å². The van der Waals surface area contributed by atoms with E-state index in [0.717, 1.165) is 11.8 Å². The van der Waals surface area contributed by atoms with Crippen molar-refractivity contribution >= 4 is 27.5 Å². The summed E-state index contributed by atoms with van der Waals surface area (Å²) < 4.78 is 43.0. The summed E-state index contributed by atoms with van der Waals surface area (Å²) in [5.41, 5.74) is 1.25. The second-order valence-corrected chi connectivity index (χ2v) is 11.9. The molecule has 1 atom stereocenters.